The lowest BCUT2D eigenvalue weighted by Gasteiger charge is -2.18. The van der Waals surface area contributed by atoms with Crippen LogP contribution in [0.5, 0.6) is 0 Å². The molecule has 0 saturated heterocycles. The number of benzene rings is 1. The number of anilines is 1. The van der Waals surface area contributed by atoms with Gasteiger partial charge in [0.15, 0.2) is 0 Å². The maximum atomic E-state index is 12.1. The van der Waals surface area contributed by atoms with Crippen LogP contribution in [-0.2, 0) is 6.54 Å². The van der Waals surface area contributed by atoms with E-state index in [9.17, 15) is 9.59 Å². The molecule has 2 rings (SSSR count). The smallest absolute Gasteiger partial charge is 0.335 e. The Labute approximate surface area is 129 Å². The summed E-state index contributed by atoms with van der Waals surface area (Å²) in [5, 5.41) is 18.1. The van der Waals surface area contributed by atoms with Crippen LogP contribution in [0.2, 0.25) is 0 Å². The van der Waals surface area contributed by atoms with Gasteiger partial charge >= 0.3 is 12.0 Å². The van der Waals surface area contributed by atoms with E-state index in [-0.39, 0.29) is 11.6 Å². The van der Waals surface area contributed by atoms with Gasteiger partial charge in [-0.3, -0.25) is 5.10 Å². The van der Waals surface area contributed by atoms with Gasteiger partial charge in [0, 0.05) is 23.3 Å². The third kappa shape index (κ3) is 3.82. The van der Waals surface area contributed by atoms with E-state index in [0.29, 0.717) is 16.7 Å². The largest absolute Gasteiger partial charge is 0.478 e. The summed E-state index contributed by atoms with van der Waals surface area (Å²) in [6.07, 6.45) is 3.33. The summed E-state index contributed by atoms with van der Waals surface area (Å²) in [6.45, 7) is 0.387. The molecule has 110 valence electrons. The molecule has 1 aromatic heterocycles. The summed E-state index contributed by atoms with van der Waals surface area (Å²) in [6, 6.07) is 4.09. The molecular weight excluding hydrogens is 340 g/mol. The molecule has 0 aliphatic rings. The number of carboxylic acids is 1. The molecule has 3 N–H and O–H groups in total. The van der Waals surface area contributed by atoms with E-state index in [1.54, 1.807) is 25.5 Å². The minimum Gasteiger partial charge on any atom is -0.478 e. The lowest BCUT2D eigenvalue weighted by atomic mass is 10.2. The molecule has 1 heterocycles. The van der Waals surface area contributed by atoms with Crippen LogP contribution < -0.4 is 5.32 Å². The van der Waals surface area contributed by atoms with Gasteiger partial charge in [0.2, 0.25) is 0 Å². The molecule has 0 bridgehead atoms. The van der Waals surface area contributed by atoms with Crippen molar-refractivity contribution in [3.63, 3.8) is 0 Å². The van der Waals surface area contributed by atoms with Crippen LogP contribution in [0.4, 0.5) is 10.5 Å². The number of carbonyl (C=O) groups is 2. The van der Waals surface area contributed by atoms with E-state index < -0.39 is 5.97 Å². The van der Waals surface area contributed by atoms with Gasteiger partial charge in [0.1, 0.15) is 0 Å². The number of rotatable bonds is 4. The first-order valence-corrected chi connectivity index (χ1v) is 6.79. The Morgan fingerprint density at radius 1 is 1.48 bits per heavy atom. The van der Waals surface area contributed by atoms with Gasteiger partial charge in [-0.25, -0.2) is 9.59 Å². The third-order valence-corrected chi connectivity index (χ3v) is 3.47. The number of amides is 2. The second kappa shape index (κ2) is 6.40. The number of hydrogen-bond acceptors (Lipinski definition) is 3. The van der Waals surface area contributed by atoms with Crippen LogP contribution in [-0.4, -0.2) is 39.3 Å². The number of nitrogens with one attached hydrogen (secondary N) is 2. The summed E-state index contributed by atoms with van der Waals surface area (Å²) >= 11 is 3.28. The molecule has 0 fully saturated rings. The Bertz CT molecular complexity index is 657. The number of H-pyrrole nitrogens is 1. The zero-order valence-electron chi connectivity index (χ0n) is 11.1. The highest BCUT2D eigenvalue weighted by Gasteiger charge is 2.13. The zero-order valence-corrected chi connectivity index (χ0v) is 12.7. The fourth-order valence-corrected chi connectivity index (χ4v) is 2.02. The van der Waals surface area contributed by atoms with Crippen LogP contribution in [0.3, 0.4) is 0 Å². The molecule has 0 radical (unpaired) electrons. The Morgan fingerprint density at radius 3 is 2.86 bits per heavy atom. The molecule has 0 aliphatic carbocycles. The van der Waals surface area contributed by atoms with Gasteiger partial charge < -0.3 is 15.3 Å². The van der Waals surface area contributed by atoms with Crippen LogP contribution >= 0.6 is 15.9 Å². The lowest BCUT2D eigenvalue weighted by Crippen LogP contribution is -2.30. The molecule has 0 spiro atoms. The molecule has 21 heavy (non-hydrogen) atoms. The molecule has 2 aromatic rings. The summed E-state index contributed by atoms with van der Waals surface area (Å²) in [5.41, 5.74) is 1.37. The van der Waals surface area contributed by atoms with Gasteiger partial charge in [0.05, 0.1) is 24.0 Å². The molecule has 0 unspecified atom stereocenters. The number of aromatic nitrogens is 2. The van der Waals surface area contributed by atoms with Crippen LogP contribution in [0, 0.1) is 0 Å². The average molecular weight is 353 g/mol. The second-order valence-corrected chi connectivity index (χ2v) is 5.25. The van der Waals surface area contributed by atoms with Crippen molar-refractivity contribution in [1.29, 1.82) is 0 Å². The van der Waals surface area contributed by atoms with Crippen LogP contribution in [0.1, 0.15) is 15.9 Å². The van der Waals surface area contributed by atoms with Gasteiger partial charge in [-0.05, 0) is 34.1 Å². The molecule has 1 aromatic carbocycles. The maximum absolute atomic E-state index is 12.1. The highest BCUT2D eigenvalue weighted by Crippen LogP contribution is 2.24. The number of hydrogen-bond donors (Lipinski definition) is 3. The van der Waals surface area contributed by atoms with E-state index in [0.717, 1.165) is 5.56 Å². The maximum Gasteiger partial charge on any atom is 0.335 e. The first-order chi connectivity index (χ1) is 9.97. The average Bonchev–Trinajstić information content (AvgIpc) is 2.93. The van der Waals surface area contributed by atoms with Crippen LogP contribution in [0.25, 0.3) is 0 Å². The van der Waals surface area contributed by atoms with Crippen LogP contribution in [0.15, 0.2) is 35.1 Å². The van der Waals surface area contributed by atoms with E-state index in [4.69, 9.17) is 5.11 Å². The van der Waals surface area contributed by atoms with Gasteiger partial charge in [-0.1, -0.05) is 0 Å². The third-order valence-electron chi connectivity index (χ3n) is 2.78. The molecule has 2 amide bonds. The number of nitrogens with zero attached hydrogens (tertiary/aromatic N) is 2. The van der Waals surface area contributed by atoms with Crippen molar-refractivity contribution in [2.75, 3.05) is 12.4 Å². The Balaban J connectivity index is 2.08. The fourth-order valence-electron chi connectivity index (χ4n) is 1.67. The minimum atomic E-state index is -1.05. The van der Waals surface area contributed by atoms with Crippen molar-refractivity contribution < 1.29 is 14.7 Å². The van der Waals surface area contributed by atoms with Gasteiger partial charge in [-0.2, -0.15) is 5.10 Å². The molecule has 8 heteroatoms. The van der Waals surface area contributed by atoms with Gasteiger partial charge in [0.25, 0.3) is 0 Å². The monoisotopic (exact) mass is 352 g/mol. The Morgan fingerprint density at radius 2 is 2.24 bits per heavy atom. The predicted molar refractivity (Wildman–Crippen MR) is 80.2 cm³/mol. The van der Waals surface area contributed by atoms with Crippen molar-refractivity contribution >= 4 is 33.6 Å². The molecule has 0 atom stereocenters. The summed E-state index contributed by atoms with van der Waals surface area (Å²) in [5.74, 6) is -1.05. The number of aromatic amines is 1. The van der Waals surface area contributed by atoms with Crippen molar-refractivity contribution in [3.05, 3.63) is 46.2 Å². The zero-order chi connectivity index (χ0) is 15.4. The first kappa shape index (κ1) is 15.0. The highest BCUT2D eigenvalue weighted by molar-refractivity contribution is 9.10. The summed E-state index contributed by atoms with van der Waals surface area (Å²) in [7, 11) is 1.64. The van der Waals surface area contributed by atoms with Crippen molar-refractivity contribution in [2.45, 2.75) is 6.54 Å². The lowest BCUT2D eigenvalue weighted by molar-refractivity contribution is 0.0697. The van der Waals surface area contributed by atoms with E-state index in [1.165, 1.54) is 17.0 Å². The molecule has 7 nitrogen and oxygen atoms in total. The number of halogens is 1. The van der Waals surface area contributed by atoms with E-state index in [1.807, 2.05) is 0 Å². The highest BCUT2D eigenvalue weighted by atomic mass is 79.9. The molecule has 0 saturated carbocycles. The number of carboxylic acid groups (broad SMARTS) is 1. The number of aromatic carboxylic acids is 1. The summed E-state index contributed by atoms with van der Waals surface area (Å²) in [4.78, 5) is 24.5. The molecular formula is C13H13BrN4O3. The molecule has 0 aliphatic heterocycles. The normalized spacial score (nSPS) is 10.2. The SMILES string of the molecule is CN(Cc1cn[nH]c1)C(=O)Nc1cc(C(=O)O)ccc1Br. The Hall–Kier alpha value is -2.35. The topological polar surface area (TPSA) is 98.3 Å². The second-order valence-electron chi connectivity index (χ2n) is 4.39. The summed E-state index contributed by atoms with van der Waals surface area (Å²) < 4.78 is 0.609. The van der Waals surface area contributed by atoms with E-state index >= 15 is 0 Å². The standard InChI is InChI=1S/C13H13BrN4O3/c1-18(7-8-5-15-16-6-8)13(21)17-11-4-9(12(19)20)2-3-10(11)14/h2-6H,7H2,1H3,(H,15,16)(H,17,21)(H,19,20). The minimum absolute atomic E-state index is 0.103. The first-order valence-electron chi connectivity index (χ1n) is 6.00. The number of carbonyl (C=O) groups excluding carboxylic acids is 1. The van der Waals surface area contributed by atoms with Crippen molar-refractivity contribution in [2.24, 2.45) is 0 Å². The van der Waals surface area contributed by atoms with Crippen molar-refractivity contribution in [3.8, 4) is 0 Å². The van der Waals surface area contributed by atoms with Gasteiger partial charge in [-0.15, -0.1) is 0 Å². The van der Waals surface area contributed by atoms with E-state index in [2.05, 4.69) is 31.4 Å². The van der Waals surface area contributed by atoms with Crippen molar-refractivity contribution in [1.82, 2.24) is 15.1 Å². The Kier molecular flexibility index (Phi) is 4.59. The number of urea groups is 1. The predicted octanol–water partition coefficient (Wildman–Crippen LogP) is 2.53. The fraction of sp³-hybridized carbons (Fsp3) is 0.154. The quantitative estimate of drug-likeness (QED) is 0.787.